The lowest BCUT2D eigenvalue weighted by molar-refractivity contribution is 0.339. The maximum Gasteiger partial charge on any atom is 0.242 e. The van der Waals surface area contributed by atoms with Gasteiger partial charge in [0.1, 0.15) is 12.4 Å². The minimum Gasteiger partial charge on any atom is -0.487 e. The Labute approximate surface area is 123 Å². The average molecular weight is 315 g/mol. The summed E-state index contributed by atoms with van der Waals surface area (Å²) in [4.78, 5) is 0.286. The van der Waals surface area contributed by atoms with Gasteiger partial charge in [-0.1, -0.05) is 11.6 Å². The van der Waals surface area contributed by atoms with Crippen LogP contribution in [0.1, 0.15) is 5.56 Å². The molecule has 2 aliphatic heterocycles. The number of nitrogens with zero attached hydrogens (tertiary/aromatic N) is 1. The zero-order valence-corrected chi connectivity index (χ0v) is 12.4. The summed E-state index contributed by atoms with van der Waals surface area (Å²) in [5.41, 5.74) is 0.706. The molecule has 0 aromatic heterocycles. The minimum absolute atomic E-state index is 0.0703. The van der Waals surface area contributed by atoms with Crippen LogP contribution in [0.3, 0.4) is 0 Å². The van der Waals surface area contributed by atoms with Gasteiger partial charge in [-0.2, -0.15) is 4.31 Å². The first-order valence-corrected chi connectivity index (χ1v) is 8.23. The summed E-state index contributed by atoms with van der Waals surface area (Å²) in [6.07, 6.45) is 1.65. The molecular formula is C13H15ClN2O3S. The molecule has 20 heavy (non-hydrogen) atoms. The molecule has 1 aromatic carbocycles. The van der Waals surface area contributed by atoms with Gasteiger partial charge in [-0.3, -0.25) is 0 Å². The molecule has 2 aliphatic rings. The van der Waals surface area contributed by atoms with Crippen LogP contribution in [0.4, 0.5) is 0 Å². The Balaban J connectivity index is 1.94. The molecule has 7 heteroatoms. The summed E-state index contributed by atoms with van der Waals surface area (Å²) in [5, 5.41) is 3.70. The quantitative estimate of drug-likeness (QED) is 0.894. The number of fused-ring (bicyclic) bond motifs is 1. The zero-order valence-electron chi connectivity index (χ0n) is 10.8. The normalized spacial score (nSPS) is 19.9. The van der Waals surface area contributed by atoms with Gasteiger partial charge in [-0.25, -0.2) is 8.42 Å². The molecule has 0 unspecified atom stereocenters. The number of rotatable bonds is 2. The fourth-order valence-corrected chi connectivity index (χ4v) is 3.99. The Hall–Kier alpha value is -1.08. The molecule has 0 spiro atoms. The molecule has 0 aliphatic carbocycles. The van der Waals surface area contributed by atoms with E-state index in [1.54, 1.807) is 24.3 Å². The Bertz CT molecular complexity index is 652. The maximum atomic E-state index is 12.6. The summed E-state index contributed by atoms with van der Waals surface area (Å²) in [7, 11) is -3.45. The third kappa shape index (κ3) is 2.56. The van der Waals surface area contributed by atoms with Gasteiger partial charge in [0.25, 0.3) is 0 Å². The van der Waals surface area contributed by atoms with Gasteiger partial charge >= 0.3 is 0 Å². The van der Waals surface area contributed by atoms with Crippen LogP contribution in [0.5, 0.6) is 5.75 Å². The van der Waals surface area contributed by atoms with Gasteiger partial charge in [0, 0.05) is 36.8 Å². The first kappa shape index (κ1) is 13.9. The molecule has 2 heterocycles. The van der Waals surface area contributed by atoms with Crippen LogP contribution >= 0.6 is 11.6 Å². The Morgan fingerprint density at radius 2 is 2.00 bits per heavy atom. The van der Waals surface area contributed by atoms with Crippen LogP contribution < -0.4 is 10.1 Å². The van der Waals surface area contributed by atoms with Crippen LogP contribution in [0.2, 0.25) is 5.02 Å². The number of piperazine rings is 1. The van der Waals surface area contributed by atoms with E-state index in [1.165, 1.54) is 4.31 Å². The molecule has 0 bridgehead atoms. The van der Waals surface area contributed by atoms with Crippen molar-refractivity contribution in [3.05, 3.63) is 33.7 Å². The number of sulfonamides is 1. The molecule has 3 rings (SSSR count). The van der Waals surface area contributed by atoms with Crippen molar-refractivity contribution in [2.45, 2.75) is 0 Å². The second kappa shape index (κ2) is 5.37. The second-order valence-electron chi connectivity index (χ2n) is 4.74. The molecule has 0 radical (unpaired) electrons. The fourth-order valence-electron chi connectivity index (χ4n) is 2.33. The van der Waals surface area contributed by atoms with Gasteiger partial charge in [0.2, 0.25) is 10.0 Å². The number of halogens is 1. The molecule has 1 N–H and O–H groups in total. The molecule has 5 nitrogen and oxygen atoms in total. The highest BCUT2D eigenvalue weighted by atomic mass is 35.5. The highest BCUT2D eigenvalue weighted by Gasteiger charge is 2.30. The summed E-state index contributed by atoms with van der Waals surface area (Å²) in [6.45, 7) is 2.40. The van der Waals surface area contributed by atoms with Crippen LogP contribution in [0, 0.1) is 0 Å². The molecule has 1 saturated heterocycles. The van der Waals surface area contributed by atoms with E-state index in [2.05, 4.69) is 5.32 Å². The van der Waals surface area contributed by atoms with Crippen molar-refractivity contribution in [2.75, 3.05) is 32.8 Å². The van der Waals surface area contributed by atoms with Crippen LogP contribution in [0.25, 0.3) is 6.08 Å². The van der Waals surface area contributed by atoms with Gasteiger partial charge in [0.15, 0.2) is 0 Å². The summed E-state index contributed by atoms with van der Waals surface area (Å²) < 4.78 is 32.1. The smallest absolute Gasteiger partial charge is 0.242 e. The second-order valence-corrected chi connectivity index (χ2v) is 7.16. The van der Waals surface area contributed by atoms with Crippen molar-refractivity contribution in [3.63, 3.8) is 0 Å². The van der Waals surface area contributed by atoms with E-state index < -0.39 is 10.0 Å². The van der Waals surface area contributed by atoms with E-state index in [0.717, 1.165) is 0 Å². The highest BCUT2D eigenvalue weighted by molar-refractivity contribution is 7.93. The lowest BCUT2D eigenvalue weighted by Gasteiger charge is -2.28. The van der Waals surface area contributed by atoms with Crippen molar-refractivity contribution >= 4 is 27.7 Å². The number of ether oxygens (including phenoxy) is 1. The van der Waals surface area contributed by atoms with Crippen molar-refractivity contribution < 1.29 is 13.2 Å². The number of benzene rings is 1. The highest BCUT2D eigenvalue weighted by Crippen LogP contribution is 2.31. The monoisotopic (exact) mass is 314 g/mol. The molecule has 1 aromatic rings. The Kier molecular flexibility index (Phi) is 3.72. The number of hydrogen-bond acceptors (Lipinski definition) is 4. The molecule has 108 valence electrons. The van der Waals surface area contributed by atoms with Crippen molar-refractivity contribution in [1.82, 2.24) is 9.62 Å². The summed E-state index contributed by atoms with van der Waals surface area (Å²) in [6, 6.07) is 5.19. The van der Waals surface area contributed by atoms with E-state index in [-0.39, 0.29) is 11.5 Å². The minimum atomic E-state index is -3.45. The predicted molar refractivity (Wildman–Crippen MR) is 78.3 cm³/mol. The molecule has 0 saturated carbocycles. The Morgan fingerprint density at radius 3 is 2.75 bits per heavy atom. The van der Waals surface area contributed by atoms with Crippen molar-refractivity contribution in [2.24, 2.45) is 0 Å². The largest absolute Gasteiger partial charge is 0.487 e. The SMILES string of the molecule is O=S(=O)(C1=Cc2cc(Cl)ccc2OC1)N1CCNCC1. The van der Waals surface area contributed by atoms with E-state index in [4.69, 9.17) is 16.3 Å². The zero-order chi connectivity index (χ0) is 14.2. The maximum absolute atomic E-state index is 12.6. The lowest BCUT2D eigenvalue weighted by Crippen LogP contribution is -2.47. The summed E-state index contributed by atoms with van der Waals surface area (Å²) >= 11 is 5.93. The summed E-state index contributed by atoms with van der Waals surface area (Å²) in [5.74, 6) is 0.661. The lowest BCUT2D eigenvalue weighted by atomic mass is 10.1. The first-order chi connectivity index (χ1) is 9.57. The van der Waals surface area contributed by atoms with Crippen LogP contribution in [-0.4, -0.2) is 45.5 Å². The van der Waals surface area contributed by atoms with Gasteiger partial charge in [-0.05, 0) is 24.3 Å². The van der Waals surface area contributed by atoms with Crippen molar-refractivity contribution in [1.29, 1.82) is 0 Å². The number of hydrogen-bond donors (Lipinski definition) is 1. The van der Waals surface area contributed by atoms with Crippen LogP contribution in [0.15, 0.2) is 23.1 Å². The molecule has 1 fully saturated rings. The average Bonchev–Trinajstić information content (AvgIpc) is 2.47. The van der Waals surface area contributed by atoms with E-state index in [9.17, 15) is 8.42 Å². The Morgan fingerprint density at radius 1 is 1.25 bits per heavy atom. The van der Waals surface area contributed by atoms with E-state index in [1.807, 2.05) is 0 Å². The van der Waals surface area contributed by atoms with E-state index in [0.29, 0.717) is 42.5 Å². The third-order valence-electron chi connectivity index (χ3n) is 3.41. The molecule has 0 atom stereocenters. The van der Waals surface area contributed by atoms with Gasteiger partial charge in [-0.15, -0.1) is 0 Å². The van der Waals surface area contributed by atoms with Crippen molar-refractivity contribution in [3.8, 4) is 5.75 Å². The molecule has 0 amide bonds. The van der Waals surface area contributed by atoms with Crippen LogP contribution in [-0.2, 0) is 10.0 Å². The first-order valence-electron chi connectivity index (χ1n) is 6.41. The topological polar surface area (TPSA) is 58.6 Å². The molecular weight excluding hydrogens is 300 g/mol. The standard InChI is InChI=1S/C13H15ClN2O3S/c14-11-1-2-13-10(7-11)8-12(9-19-13)20(17,18)16-5-3-15-4-6-16/h1-2,7-8,15H,3-6,9H2. The van der Waals surface area contributed by atoms with Gasteiger partial charge in [0.05, 0.1) is 4.91 Å². The van der Waals surface area contributed by atoms with Gasteiger partial charge < -0.3 is 10.1 Å². The third-order valence-corrected chi connectivity index (χ3v) is 5.58. The fraction of sp³-hybridized carbons (Fsp3) is 0.385. The van der Waals surface area contributed by atoms with E-state index >= 15 is 0 Å². The predicted octanol–water partition coefficient (Wildman–Crippen LogP) is 1.31. The number of nitrogens with one attached hydrogen (secondary N) is 1.